The Morgan fingerprint density at radius 2 is 1.88 bits per heavy atom. The number of nitrogens with zero attached hydrogens (tertiary/aromatic N) is 9. The maximum Gasteiger partial charge on any atom is 0.237 e. The second-order valence-corrected chi connectivity index (χ2v) is 8.35. The van der Waals surface area contributed by atoms with E-state index in [0.29, 0.717) is 12.0 Å². The molecule has 0 spiro atoms. The Balaban J connectivity index is 1.52. The van der Waals surface area contributed by atoms with Crippen LogP contribution >= 0.6 is 0 Å². The van der Waals surface area contributed by atoms with Gasteiger partial charge in [-0.15, -0.1) is 10.2 Å². The maximum atomic E-state index is 5.66. The van der Waals surface area contributed by atoms with Gasteiger partial charge in [0.2, 0.25) is 5.95 Å². The van der Waals surface area contributed by atoms with Gasteiger partial charge >= 0.3 is 0 Å². The molecule has 4 aromatic rings. The molecule has 10 nitrogen and oxygen atoms in total. The number of pyridine rings is 1. The minimum atomic E-state index is 0.0898. The predicted molar refractivity (Wildman–Crippen MR) is 121 cm³/mol. The molecular formula is C23H25N9O. The molecule has 0 unspecified atom stereocenters. The first-order chi connectivity index (χ1) is 16.3. The van der Waals surface area contributed by atoms with Crippen molar-refractivity contribution in [2.45, 2.75) is 45.2 Å². The van der Waals surface area contributed by atoms with Crippen LogP contribution in [-0.4, -0.2) is 58.5 Å². The number of aryl methyl sites for hydroxylation is 1. The average molecular weight is 444 g/mol. The molecule has 1 atom stereocenters. The van der Waals surface area contributed by atoms with Crippen molar-refractivity contribution >= 4 is 5.82 Å². The Morgan fingerprint density at radius 1 is 1.06 bits per heavy atom. The van der Waals surface area contributed by atoms with Crippen molar-refractivity contribution in [1.82, 2.24) is 39.3 Å². The monoisotopic (exact) mass is 443 g/mol. The first-order valence-corrected chi connectivity index (χ1v) is 11.4. The molecule has 1 fully saturated rings. The van der Waals surface area contributed by atoms with Crippen LogP contribution in [0.4, 0.5) is 5.82 Å². The van der Waals surface area contributed by atoms with Crippen molar-refractivity contribution < 1.29 is 4.74 Å². The lowest BCUT2D eigenvalue weighted by Crippen LogP contribution is -2.45. The fraction of sp³-hybridized carbons (Fsp3) is 0.391. The number of rotatable bonds is 4. The number of imidazole rings is 1. The highest BCUT2D eigenvalue weighted by molar-refractivity contribution is 5.64. The van der Waals surface area contributed by atoms with Crippen LogP contribution in [0.2, 0.25) is 0 Å². The summed E-state index contributed by atoms with van der Waals surface area (Å²) < 4.78 is 9.68. The SMILES string of the molecule is CC[C@@H]1c2nnc(C)n2-c2cnc(-n3ccnc3-c3ccncc3)nc2N1C1CCOCC1. The highest BCUT2D eigenvalue weighted by Gasteiger charge is 2.39. The summed E-state index contributed by atoms with van der Waals surface area (Å²) in [6, 6.07) is 4.28. The van der Waals surface area contributed by atoms with Crippen LogP contribution in [-0.2, 0) is 4.74 Å². The lowest BCUT2D eigenvalue weighted by atomic mass is 10.0. The third-order valence-corrected chi connectivity index (χ3v) is 6.47. The highest BCUT2D eigenvalue weighted by Crippen LogP contribution is 2.41. The van der Waals surface area contributed by atoms with Crippen LogP contribution in [0.1, 0.15) is 43.9 Å². The van der Waals surface area contributed by atoms with Gasteiger partial charge in [0.05, 0.1) is 12.2 Å². The van der Waals surface area contributed by atoms with Crippen LogP contribution in [0.15, 0.2) is 43.1 Å². The molecule has 6 heterocycles. The Labute approximate surface area is 191 Å². The molecule has 1 saturated heterocycles. The van der Waals surface area contributed by atoms with Crippen molar-refractivity contribution in [3.8, 4) is 23.0 Å². The first kappa shape index (κ1) is 20.0. The number of hydrogen-bond donors (Lipinski definition) is 0. The molecule has 0 aromatic carbocycles. The molecule has 0 N–H and O–H groups in total. The van der Waals surface area contributed by atoms with E-state index in [4.69, 9.17) is 14.7 Å². The van der Waals surface area contributed by atoms with Gasteiger partial charge in [-0.3, -0.25) is 14.1 Å². The summed E-state index contributed by atoms with van der Waals surface area (Å²) in [4.78, 5) is 21.0. The molecule has 2 aliphatic heterocycles. The summed E-state index contributed by atoms with van der Waals surface area (Å²) in [5.41, 5.74) is 1.87. The molecule has 4 aromatic heterocycles. The van der Waals surface area contributed by atoms with E-state index >= 15 is 0 Å². The Kier molecular flexibility index (Phi) is 4.87. The highest BCUT2D eigenvalue weighted by atomic mass is 16.5. The molecule has 2 aliphatic rings. The molecule has 33 heavy (non-hydrogen) atoms. The molecule has 0 aliphatic carbocycles. The van der Waals surface area contributed by atoms with Gasteiger partial charge in [0.1, 0.15) is 17.3 Å². The van der Waals surface area contributed by atoms with Gasteiger partial charge in [0, 0.05) is 49.6 Å². The molecule has 0 radical (unpaired) electrons. The van der Waals surface area contributed by atoms with E-state index in [0.717, 1.165) is 67.0 Å². The van der Waals surface area contributed by atoms with Gasteiger partial charge in [-0.05, 0) is 38.3 Å². The van der Waals surface area contributed by atoms with Crippen molar-refractivity contribution in [2.24, 2.45) is 0 Å². The van der Waals surface area contributed by atoms with Gasteiger partial charge in [-0.1, -0.05) is 6.92 Å². The fourth-order valence-electron chi connectivity index (χ4n) is 4.93. The summed E-state index contributed by atoms with van der Waals surface area (Å²) in [5, 5.41) is 8.93. The molecule has 6 rings (SSSR count). The largest absolute Gasteiger partial charge is 0.381 e. The lowest BCUT2D eigenvalue weighted by molar-refractivity contribution is 0.0817. The van der Waals surface area contributed by atoms with Gasteiger partial charge in [-0.25, -0.2) is 9.97 Å². The zero-order valence-electron chi connectivity index (χ0n) is 18.7. The van der Waals surface area contributed by atoms with E-state index in [1.807, 2.05) is 36.0 Å². The second-order valence-electron chi connectivity index (χ2n) is 8.35. The molecule has 0 bridgehead atoms. The third kappa shape index (κ3) is 3.20. The standard InChI is InChI=1S/C23H25N9O/c1-3-18-22-29-28-15(2)31(22)19-14-26-23(27-21(19)32(18)17-6-12-33-13-7-17)30-11-10-25-20(30)16-4-8-24-9-5-16/h4-5,8-11,14,17-18H,3,6-7,12-13H2,1-2H3/t18-/m1/s1. The summed E-state index contributed by atoms with van der Waals surface area (Å²) in [5.74, 6) is 4.06. The number of ether oxygens (including phenoxy) is 1. The summed E-state index contributed by atoms with van der Waals surface area (Å²) in [6.45, 7) is 5.67. The second kappa shape index (κ2) is 8.04. The third-order valence-electron chi connectivity index (χ3n) is 6.47. The van der Waals surface area contributed by atoms with Crippen molar-refractivity contribution in [2.75, 3.05) is 18.1 Å². The summed E-state index contributed by atoms with van der Waals surface area (Å²) in [6.07, 6.45) is 11.9. The minimum Gasteiger partial charge on any atom is -0.381 e. The van der Waals surface area contributed by atoms with E-state index in [-0.39, 0.29) is 6.04 Å². The number of aromatic nitrogens is 8. The molecular weight excluding hydrogens is 418 g/mol. The van der Waals surface area contributed by atoms with Crippen LogP contribution < -0.4 is 4.90 Å². The number of hydrogen-bond acceptors (Lipinski definition) is 8. The molecule has 168 valence electrons. The normalized spacial score (nSPS) is 18.2. The van der Waals surface area contributed by atoms with Crippen molar-refractivity contribution in [3.63, 3.8) is 0 Å². The smallest absolute Gasteiger partial charge is 0.237 e. The first-order valence-electron chi connectivity index (χ1n) is 11.4. The summed E-state index contributed by atoms with van der Waals surface area (Å²) >= 11 is 0. The zero-order chi connectivity index (χ0) is 22.4. The van der Waals surface area contributed by atoms with Gasteiger partial charge in [0.25, 0.3) is 0 Å². The average Bonchev–Trinajstić information content (AvgIpc) is 3.51. The summed E-state index contributed by atoms with van der Waals surface area (Å²) in [7, 11) is 0. The van der Waals surface area contributed by atoms with Gasteiger partial charge in [0.15, 0.2) is 11.6 Å². The van der Waals surface area contributed by atoms with E-state index < -0.39 is 0 Å². The predicted octanol–water partition coefficient (Wildman–Crippen LogP) is 3.06. The lowest BCUT2D eigenvalue weighted by Gasteiger charge is -2.43. The van der Waals surface area contributed by atoms with Crippen molar-refractivity contribution in [1.29, 1.82) is 0 Å². The van der Waals surface area contributed by atoms with Crippen LogP contribution in [0.25, 0.3) is 23.0 Å². The Bertz CT molecular complexity index is 1280. The fourth-order valence-corrected chi connectivity index (χ4v) is 4.93. The van der Waals surface area contributed by atoms with E-state index in [9.17, 15) is 0 Å². The quantitative estimate of drug-likeness (QED) is 0.474. The van der Waals surface area contributed by atoms with Gasteiger partial charge < -0.3 is 9.64 Å². The minimum absolute atomic E-state index is 0.0898. The van der Waals surface area contributed by atoms with E-state index in [1.165, 1.54) is 0 Å². The topological polar surface area (TPSA) is 99.7 Å². The molecule has 0 amide bonds. The number of fused-ring (bicyclic) bond motifs is 3. The van der Waals surface area contributed by atoms with E-state index in [2.05, 4.69) is 36.6 Å². The van der Waals surface area contributed by atoms with Crippen LogP contribution in [0, 0.1) is 6.92 Å². The van der Waals surface area contributed by atoms with Crippen molar-refractivity contribution in [3.05, 3.63) is 54.8 Å². The van der Waals surface area contributed by atoms with E-state index in [1.54, 1.807) is 18.6 Å². The van der Waals surface area contributed by atoms with Crippen LogP contribution in [0.3, 0.4) is 0 Å². The Morgan fingerprint density at radius 3 is 2.67 bits per heavy atom. The van der Waals surface area contributed by atoms with Gasteiger partial charge in [-0.2, -0.15) is 4.98 Å². The number of anilines is 1. The Hall–Kier alpha value is -3.66. The maximum absolute atomic E-state index is 5.66. The zero-order valence-corrected chi connectivity index (χ0v) is 18.7. The molecule has 0 saturated carbocycles. The molecule has 10 heteroatoms. The van der Waals surface area contributed by atoms with Crippen LogP contribution in [0.5, 0.6) is 0 Å².